The van der Waals surface area contributed by atoms with Gasteiger partial charge in [-0.25, -0.2) is 0 Å². The van der Waals surface area contributed by atoms with Gasteiger partial charge in [0.15, 0.2) is 5.96 Å². The molecule has 0 saturated carbocycles. The van der Waals surface area contributed by atoms with Gasteiger partial charge in [-0.3, -0.25) is 9.89 Å². The minimum atomic E-state index is 0.555. The third kappa shape index (κ3) is 5.23. The highest BCUT2D eigenvalue weighted by molar-refractivity contribution is 5.79. The summed E-state index contributed by atoms with van der Waals surface area (Å²) >= 11 is 0. The largest absolute Gasteiger partial charge is 0.379 e. The molecule has 0 aromatic heterocycles. The quantitative estimate of drug-likeness (QED) is 0.556. The molecule has 1 heterocycles. The van der Waals surface area contributed by atoms with E-state index in [1.807, 2.05) is 7.05 Å². The Balaban J connectivity index is 2.48. The van der Waals surface area contributed by atoms with Gasteiger partial charge in [-0.2, -0.15) is 0 Å². The predicted octanol–water partition coefficient (Wildman–Crippen LogP) is 0.528. The van der Waals surface area contributed by atoms with Crippen molar-refractivity contribution in [2.45, 2.75) is 26.3 Å². The van der Waals surface area contributed by atoms with Crippen molar-refractivity contribution < 1.29 is 4.74 Å². The van der Waals surface area contributed by atoms with E-state index >= 15 is 0 Å². The maximum Gasteiger partial charge on any atom is 0.190 e. The lowest BCUT2D eigenvalue weighted by Crippen LogP contribution is -2.50. The van der Waals surface area contributed by atoms with Crippen molar-refractivity contribution in [3.8, 4) is 0 Å². The van der Waals surface area contributed by atoms with Crippen molar-refractivity contribution in [1.82, 2.24) is 15.5 Å². The highest BCUT2D eigenvalue weighted by Gasteiger charge is 2.21. The van der Waals surface area contributed by atoms with E-state index in [2.05, 4.69) is 34.4 Å². The summed E-state index contributed by atoms with van der Waals surface area (Å²) in [5.41, 5.74) is 0. The van der Waals surface area contributed by atoms with Gasteiger partial charge in [0.2, 0.25) is 0 Å². The minimum Gasteiger partial charge on any atom is -0.379 e. The smallest absolute Gasteiger partial charge is 0.190 e. The Morgan fingerprint density at radius 3 is 2.50 bits per heavy atom. The van der Waals surface area contributed by atoms with E-state index in [0.717, 1.165) is 38.8 Å². The molecule has 0 radical (unpaired) electrons. The lowest BCUT2D eigenvalue weighted by atomic mass is 10.0. The van der Waals surface area contributed by atoms with Crippen molar-refractivity contribution in [3.05, 3.63) is 0 Å². The van der Waals surface area contributed by atoms with Crippen LogP contribution in [-0.4, -0.2) is 63.8 Å². The van der Waals surface area contributed by atoms with Gasteiger partial charge < -0.3 is 15.4 Å². The molecule has 1 saturated heterocycles. The first-order valence-electron chi connectivity index (χ1n) is 6.87. The van der Waals surface area contributed by atoms with Crippen LogP contribution < -0.4 is 10.6 Å². The van der Waals surface area contributed by atoms with Crippen LogP contribution in [0.5, 0.6) is 0 Å². The van der Waals surface area contributed by atoms with Gasteiger partial charge in [0.05, 0.1) is 13.2 Å². The molecule has 1 rings (SSSR count). The van der Waals surface area contributed by atoms with Gasteiger partial charge in [-0.05, 0) is 12.3 Å². The molecule has 5 nitrogen and oxygen atoms in total. The molecule has 0 bridgehead atoms. The van der Waals surface area contributed by atoms with Gasteiger partial charge in [0, 0.05) is 39.8 Å². The van der Waals surface area contributed by atoms with E-state index in [4.69, 9.17) is 4.74 Å². The molecule has 1 atom stereocenters. The summed E-state index contributed by atoms with van der Waals surface area (Å²) in [6, 6.07) is 0.555. The summed E-state index contributed by atoms with van der Waals surface area (Å²) in [5.74, 6) is 1.56. The summed E-state index contributed by atoms with van der Waals surface area (Å²) in [7, 11) is 3.69. The van der Waals surface area contributed by atoms with Crippen LogP contribution in [-0.2, 0) is 4.74 Å². The molecule has 5 heteroatoms. The normalized spacial score (nSPS) is 19.9. The van der Waals surface area contributed by atoms with Crippen molar-refractivity contribution in [1.29, 1.82) is 0 Å². The second kappa shape index (κ2) is 8.32. The molecule has 2 N–H and O–H groups in total. The average Bonchev–Trinajstić information content (AvgIpc) is 2.39. The second-order valence-electron chi connectivity index (χ2n) is 5.13. The van der Waals surface area contributed by atoms with E-state index in [1.165, 1.54) is 6.42 Å². The number of nitrogens with one attached hydrogen (secondary N) is 2. The Morgan fingerprint density at radius 2 is 2.00 bits per heavy atom. The van der Waals surface area contributed by atoms with Crippen molar-refractivity contribution in [2.24, 2.45) is 10.9 Å². The SMILES string of the molecule is CN=C(NC)NCC(CC(C)C)N1CCOCC1. The van der Waals surface area contributed by atoms with E-state index < -0.39 is 0 Å². The lowest BCUT2D eigenvalue weighted by Gasteiger charge is -2.35. The number of rotatable bonds is 5. The zero-order valence-electron chi connectivity index (χ0n) is 12.2. The first-order valence-corrected chi connectivity index (χ1v) is 6.87. The van der Waals surface area contributed by atoms with Gasteiger partial charge >= 0.3 is 0 Å². The van der Waals surface area contributed by atoms with E-state index in [9.17, 15) is 0 Å². The van der Waals surface area contributed by atoms with Gasteiger partial charge in [0.25, 0.3) is 0 Å². The molecule has 0 aromatic carbocycles. The number of morpholine rings is 1. The number of aliphatic imine (C=N–C) groups is 1. The summed E-state index contributed by atoms with van der Waals surface area (Å²) in [6.07, 6.45) is 1.20. The molecule has 106 valence electrons. The minimum absolute atomic E-state index is 0.555. The number of nitrogens with zero attached hydrogens (tertiary/aromatic N) is 2. The van der Waals surface area contributed by atoms with Crippen molar-refractivity contribution in [2.75, 3.05) is 46.9 Å². The molecule has 1 unspecified atom stereocenters. The van der Waals surface area contributed by atoms with Crippen LogP contribution in [0.3, 0.4) is 0 Å². The standard InChI is InChI=1S/C13H28N4O/c1-11(2)9-12(10-16-13(14-3)15-4)17-5-7-18-8-6-17/h11-12H,5-10H2,1-4H3,(H2,14,15,16). The number of hydrogen-bond acceptors (Lipinski definition) is 3. The zero-order valence-corrected chi connectivity index (χ0v) is 12.2. The van der Waals surface area contributed by atoms with Crippen molar-refractivity contribution >= 4 is 5.96 Å². The Bertz CT molecular complexity index is 249. The first kappa shape index (κ1) is 15.2. The predicted molar refractivity (Wildman–Crippen MR) is 76.1 cm³/mol. The zero-order chi connectivity index (χ0) is 13.4. The fraction of sp³-hybridized carbons (Fsp3) is 0.923. The Morgan fingerprint density at radius 1 is 1.33 bits per heavy atom. The lowest BCUT2D eigenvalue weighted by molar-refractivity contribution is 0.0132. The molecular formula is C13H28N4O. The second-order valence-corrected chi connectivity index (χ2v) is 5.13. The number of guanidine groups is 1. The van der Waals surface area contributed by atoms with E-state index in [-0.39, 0.29) is 0 Å². The van der Waals surface area contributed by atoms with Crippen LogP contribution in [0.2, 0.25) is 0 Å². The molecule has 0 aromatic rings. The highest BCUT2D eigenvalue weighted by Crippen LogP contribution is 2.12. The summed E-state index contributed by atoms with van der Waals surface area (Å²) in [6.45, 7) is 9.28. The molecule has 0 spiro atoms. The van der Waals surface area contributed by atoms with Crippen LogP contribution in [0, 0.1) is 5.92 Å². The maximum atomic E-state index is 5.42. The molecular weight excluding hydrogens is 228 g/mol. The van der Waals surface area contributed by atoms with Gasteiger partial charge in [0.1, 0.15) is 0 Å². The summed E-state index contributed by atoms with van der Waals surface area (Å²) in [4.78, 5) is 6.68. The van der Waals surface area contributed by atoms with Gasteiger partial charge in [-0.1, -0.05) is 13.8 Å². The topological polar surface area (TPSA) is 48.9 Å². The first-order chi connectivity index (χ1) is 8.67. The third-order valence-corrected chi connectivity index (χ3v) is 3.27. The van der Waals surface area contributed by atoms with E-state index in [1.54, 1.807) is 7.05 Å². The fourth-order valence-electron chi connectivity index (χ4n) is 2.34. The van der Waals surface area contributed by atoms with Crippen LogP contribution in [0.25, 0.3) is 0 Å². The molecule has 0 amide bonds. The fourth-order valence-corrected chi connectivity index (χ4v) is 2.34. The molecule has 1 aliphatic heterocycles. The molecule has 18 heavy (non-hydrogen) atoms. The Kier molecular flexibility index (Phi) is 7.05. The highest BCUT2D eigenvalue weighted by atomic mass is 16.5. The summed E-state index contributed by atoms with van der Waals surface area (Å²) < 4.78 is 5.42. The van der Waals surface area contributed by atoms with E-state index in [0.29, 0.717) is 12.0 Å². The number of hydrogen-bond donors (Lipinski definition) is 2. The average molecular weight is 256 g/mol. The number of ether oxygens (including phenoxy) is 1. The Labute approximate surface area is 111 Å². The third-order valence-electron chi connectivity index (χ3n) is 3.27. The molecule has 0 aliphatic carbocycles. The molecule has 1 aliphatic rings. The maximum absolute atomic E-state index is 5.42. The van der Waals surface area contributed by atoms with Crippen LogP contribution >= 0.6 is 0 Å². The monoisotopic (exact) mass is 256 g/mol. The van der Waals surface area contributed by atoms with Crippen LogP contribution in [0.1, 0.15) is 20.3 Å². The Hall–Kier alpha value is -0.810. The van der Waals surface area contributed by atoms with Crippen molar-refractivity contribution in [3.63, 3.8) is 0 Å². The van der Waals surface area contributed by atoms with Gasteiger partial charge in [-0.15, -0.1) is 0 Å². The molecule has 1 fully saturated rings. The van der Waals surface area contributed by atoms with Crippen LogP contribution in [0.4, 0.5) is 0 Å². The summed E-state index contributed by atoms with van der Waals surface area (Å²) in [5, 5.41) is 6.44. The van der Waals surface area contributed by atoms with Crippen LogP contribution in [0.15, 0.2) is 4.99 Å².